The number of aliphatic hydroxyl groups excluding tert-OH is 1. The lowest BCUT2D eigenvalue weighted by Gasteiger charge is -2.30. The van der Waals surface area contributed by atoms with E-state index in [2.05, 4.69) is 13.8 Å². The van der Waals surface area contributed by atoms with Crippen molar-refractivity contribution >= 4 is 0 Å². The fourth-order valence-electron chi connectivity index (χ4n) is 1.55. The van der Waals surface area contributed by atoms with Crippen molar-refractivity contribution in [3.63, 3.8) is 0 Å². The summed E-state index contributed by atoms with van der Waals surface area (Å²) >= 11 is 0. The van der Waals surface area contributed by atoms with Gasteiger partial charge in [-0.15, -0.1) is 0 Å². The summed E-state index contributed by atoms with van der Waals surface area (Å²) in [6.07, 6.45) is 3.52. The standard InChI is InChI=1S/C8H16O/c1-6-4-3-5-8(9)7(6)2/h6-9H,3-5H2,1-2H3/t6-,7+,8+/m0/s1. The average Bonchev–Trinajstić information content (AvgIpc) is 1.83. The molecule has 0 radical (unpaired) electrons. The van der Waals surface area contributed by atoms with Crippen LogP contribution in [0.4, 0.5) is 0 Å². The fraction of sp³-hybridized carbons (Fsp3) is 1.00. The largest absolute Gasteiger partial charge is 0.393 e. The molecule has 0 aromatic carbocycles. The lowest BCUT2D eigenvalue weighted by atomic mass is 9.80. The van der Waals surface area contributed by atoms with E-state index < -0.39 is 0 Å². The van der Waals surface area contributed by atoms with E-state index in [1.165, 1.54) is 12.8 Å². The van der Waals surface area contributed by atoms with Crippen LogP contribution >= 0.6 is 0 Å². The first-order valence-corrected chi connectivity index (χ1v) is 3.90. The van der Waals surface area contributed by atoms with Crippen LogP contribution in [0.5, 0.6) is 0 Å². The molecule has 54 valence electrons. The van der Waals surface area contributed by atoms with Crippen LogP contribution in [-0.2, 0) is 0 Å². The van der Waals surface area contributed by atoms with Gasteiger partial charge >= 0.3 is 0 Å². The normalized spacial score (nSPS) is 45.0. The predicted octanol–water partition coefficient (Wildman–Crippen LogP) is 1.80. The molecule has 1 aliphatic rings. The van der Waals surface area contributed by atoms with Crippen molar-refractivity contribution < 1.29 is 5.11 Å². The molecular weight excluding hydrogens is 112 g/mol. The van der Waals surface area contributed by atoms with Crippen LogP contribution in [0.25, 0.3) is 0 Å². The van der Waals surface area contributed by atoms with Gasteiger partial charge in [0.05, 0.1) is 6.10 Å². The SMILES string of the molecule is C[C@H]1[C@H](O)CCC[C@@H]1C. The van der Waals surface area contributed by atoms with Crippen molar-refractivity contribution in [1.82, 2.24) is 0 Å². The Morgan fingerprint density at radius 3 is 2.33 bits per heavy atom. The quantitative estimate of drug-likeness (QED) is 0.527. The molecule has 0 bridgehead atoms. The van der Waals surface area contributed by atoms with Crippen molar-refractivity contribution in [2.75, 3.05) is 0 Å². The van der Waals surface area contributed by atoms with Crippen molar-refractivity contribution in [3.8, 4) is 0 Å². The second kappa shape index (κ2) is 2.70. The van der Waals surface area contributed by atoms with Crippen molar-refractivity contribution in [2.24, 2.45) is 11.8 Å². The molecule has 0 spiro atoms. The Kier molecular flexibility index (Phi) is 2.12. The summed E-state index contributed by atoms with van der Waals surface area (Å²) < 4.78 is 0. The first-order chi connectivity index (χ1) is 4.22. The van der Waals surface area contributed by atoms with E-state index in [0.717, 1.165) is 12.3 Å². The molecule has 1 N–H and O–H groups in total. The van der Waals surface area contributed by atoms with Gasteiger partial charge in [-0.3, -0.25) is 0 Å². The van der Waals surface area contributed by atoms with Crippen molar-refractivity contribution in [1.29, 1.82) is 0 Å². The molecule has 0 aromatic heterocycles. The van der Waals surface area contributed by atoms with E-state index in [9.17, 15) is 5.11 Å². The van der Waals surface area contributed by atoms with Gasteiger partial charge in [0.1, 0.15) is 0 Å². The van der Waals surface area contributed by atoms with E-state index in [1.54, 1.807) is 0 Å². The molecule has 0 aliphatic heterocycles. The van der Waals surface area contributed by atoms with Gasteiger partial charge < -0.3 is 5.11 Å². The minimum Gasteiger partial charge on any atom is -0.393 e. The number of aliphatic hydroxyl groups is 1. The third-order valence-corrected chi connectivity index (χ3v) is 2.66. The molecule has 0 amide bonds. The molecule has 1 heteroatoms. The molecule has 0 saturated heterocycles. The average molecular weight is 128 g/mol. The Morgan fingerprint density at radius 2 is 1.89 bits per heavy atom. The molecule has 1 fully saturated rings. The summed E-state index contributed by atoms with van der Waals surface area (Å²) in [6.45, 7) is 4.38. The molecule has 9 heavy (non-hydrogen) atoms. The van der Waals surface area contributed by atoms with Crippen LogP contribution in [0.3, 0.4) is 0 Å². The fourth-order valence-corrected chi connectivity index (χ4v) is 1.55. The Hall–Kier alpha value is -0.0400. The lowest BCUT2D eigenvalue weighted by molar-refractivity contribution is 0.0486. The molecule has 3 atom stereocenters. The van der Waals surface area contributed by atoms with Crippen molar-refractivity contribution in [3.05, 3.63) is 0 Å². The summed E-state index contributed by atoms with van der Waals surface area (Å²) in [6, 6.07) is 0. The highest BCUT2D eigenvalue weighted by Crippen LogP contribution is 2.28. The number of rotatable bonds is 0. The van der Waals surface area contributed by atoms with Gasteiger partial charge in [-0.2, -0.15) is 0 Å². The highest BCUT2D eigenvalue weighted by atomic mass is 16.3. The topological polar surface area (TPSA) is 20.2 Å². The summed E-state index contributed by atoms with van der Waals surface area (Å²) in [5.41, 5.74) is 0. The molecule has 1 aliphatic carbocycles. The third kappa shape index (κ3) is 1.45. The highest BCUT2D eigenvalue weighted by molar-refractivity contribution is 4.75. The second-order valence-corrected chi connectivity index (χ2v) is 3.33. The maximum Gasteiger partial charge on any atom is 0.0568 e. The predicted molar refractivity (Wildman–Crippen MR) is 38.2 cm³/mol. The van der Waals surface area contributed by atoms with Crippen molar-refractivity contribution in [2.45, 2.75) is 39.2 Å². The smallest absolute Gasteiger partial charge is 0.0568 e. The molecular formula is C8H16O. The summed E-state index contributed by atoms with van der Waals surface area (Å²) in [7, 11) is 0. The van der Waals surface area contributed by atoms with Crippen LogP contribution in [-0.4, -0.2) is 11.2 Å². The first kappa shape index (κ1) is 7.07. The Balaban J connectivity index is 2.41. The van der Waals surface area contributed by atoms with Crippen LogP contribution in [0.1, 0.15) is 33.1 Å². The zero-order valence-corrected chi connectivity index (χ0v) is 6.30. The Morgan fingerprint density at radius 1 is 1.22 bits per heavy atom. The maximum atomic E-state index is 9.35. The van der Waals surface area contributed by atoms with E-state index in [1.807, 2.05) is 0 Å². The lowest BCUT2D eigenvalue weighted by Crippen LogP contribution is -2.28. The highest BCUT2D eigenvalue weighted by Gasteiger charge is 2.24. The number of hydrogen-bond acceptors (Lipinski definition) is 1. The molecule has 1 saturated carbocycles. The molecule has 0 heterocycles. The third-order valence-electron chi connectivity index (χ3n) is 2.66. The van der Waals surface area contributed by atoms with Gasteiger partial charge in [-0.1, -0.05) is 26.7 Å². The minimum atomic E-state index is -0.0197. The Labute approximate surface area is 57.1 Å². The molecule has 0 aromatic rings. The molecule has 1 rings (SSSR count). The van der Waals surface area contributed by atoms with Gasteiger partial charge in [0.15, 0.2) is 0 Å². The van der Waals surface area contributed by atoms with Gasteiger partial charge in [-0.25, -0.2) is 0 Å². The van der Waals surface area contributed by atoms with E-state index >= 15 is 0 Å². The summed E-state index contributed by atoms with van der Waals surface area (Å²) in [4.78, 5) is 0. The van der Waals surface area contributed by atoms with E-state index in [4.69, 9.17) is 0 Å². The zero-order chi connectivity index (χ0) is 6.85. The first-order valence-electron chi connectivity index (χ1n) is 3.90. The Bertz CT molecular complexity index is 80.6. The van der Waals surface area contributed by atoms with Gasteiger partial charge in [0.2, 0.25) is 0 Å². The number of hydrogen-bond donors (Lipinski definition) is 1. The van der Waals surface area contributed by atoms with Crippen LogP contribution in [0.15, 0.2) is 0 Å². The van der Waals surface area contributed by atoms with Gasteiger partial charge in [-0.05, 0) is 18.3 Å². The molecule has 1 nitrogen and oxygen atoms in total. The zero-order valence-electron chi connectivity index (χ0n) is 6.30. The van der Waals surface area contributed by atoms with Crippen LogP contribution in [0.2, 0.25) is 0 Å². The van der Waals surface area contributed by atoms with Crippen LogP contribution < -0.4 is 0 Å². The minimum absolute atomic E-state index is 0.0197. The second-order valence-electron chi connectivity index (χ2n) is 3.33. The molecule has 0 unspecified atom stereocenters. The van der Waals surface area contributed by atoms with E-state index in [-0.39, 0.29) is 6.10 Å². The van der Waals surface area contributed by atoms with Gasteiger partial charge in [0.25, 0.3) is 0 Å². The summed E-state index contributed by atoms with van der Waals surface area (Å²) in [5, 5.41) is 9.35. The monoisotopic (exact) mass is 128 g/mol. The maximum absolute atomic E-state index is 9.35. The van der Waals surface area contributed by atoms with Gasteiger partial charge in [0, 0.05) is 0 Å². The summed E-state index contributed by atoms with van der Waals surface area (Å²) in [5.74, 6) is 1.26. The van der Waals surface area contributed by atoms with E-state index in [0.29, 0.717) is 5.92 Å². The van der Waals surface area contributed by atoms with Crippen LogP contribution in [0, 0.1) is 11.8 Å².